The summed E-state index contributed by atoms with van der Waals surface area (Å²) in [6.07, 6.45) is 4.23. The van der Waals surface area contributed by atoms with Gasteiger partial charge in [0.25, 0.3) is 0 Å². The molecule has 0 N–H and O–H groups in total. The van der Waals surface area contributed by atoms with Crippen LogP contribution < -0.4 is 0 Å². The van der Waals surface area contributed by atoms with Gasteiger partial charge in [-0.1, -0.05) is 31.5 Å². The minimum atomic E-state index is -0.413. The van der Waals surface area contributed by atoms with Crippen molar-refractivity contribution >= 4 is 11.6 Å². The largest absolute Gasteiger partial charge is 0.207 e. The maximum Gasteiger partial charge on any atom is 0.127 e. The van der Waals surface area contributed by atoms with Crippen molar-refractivity contribution < 1.29 is 4.39 Å². The van der Waals surface area contributed by atoms with Gasteiger partial charge in [-0.25, -0.2) is 4.39 Å². The zero-order chi connectivity index (χ0) is 14.1. The predicted molar refractivity (Wildman–Crippen MR) is 75.4 cm³/mol. The van der Waals surface area contributed by atoms with Crippen molar-refractivity contribution in [3.05, 3.63) is 34.6 Å². The molecule has 0 amide bonds. The third-order valence-corrected chi connectivity index (χ3v) is 4.58. The van der Waals surface area contributed by atoms with E-state index in [1.807, 2.05) is 0 Å². The number of hydrogen-bond donors (Lipinski definition) is 0. The van der Waals surface area contributed by atoms with Crippen LogP contribution >= 0.6 is 11.6 Å². The molecule has 3 heteroatoms. The Labute approximate surface area is 119 Å². The van der Waals surface area contributed by atoms with E-state index in [1.165, 1.54) is 6.07 Å². The van der Waals surface area contributed by atoms with Crippen LogP contribution in [0.15, 0.2) is 18.2 Å². The molecule has 0 heterocycles. The molecule has 0 atom stereocenters. The molecule has 0 bridgehead atoms. The molecule has 1 nitrogen and oxygen atoms in total. The summed E-state index contributed by atoms with van der Waals surface area (Å²) < 4.78 is 13.9. The SMILES string of the molecule is CC1(C)CCC(C#N)(Cc2ccc(Cl)cc2F)CC1. The Kier molecular flexibility index (Phi) is 3.87. The zero-order valence-electron chi connectivity index (χ0n) is 11.5. The van der Waals surface area contributed by atoms with E-state index in [0.717, 1.165) is 25.7 Å². The lowest BCUT2D eigenvalue weighted by Gasteiger charge is -2.39. The maximum absolute atomic E-state index is 13.9. The van der Waals surface area contributed by atoms with Crippen molar-refractivity contribution in [1.82, 2.24) is 0 Å². The maximum atomic E-state index is 13.9. The second-order valence-corrected chi connectivity index (χ2v) is 6.91. The average molecular weight is 280 g/mol. The number of nitrogens with zero attached hydrogens (tertiary/aromatic N) is 1. The highest BCUT2D eigenvalue weighted by atomic mass is 35.5. The Morgan fingerprint density at radius 2 is 1.89 bits per heavy atom. The first-order valence-electron chi connectivity index (χ1n) is 6.71. The summed E-state index contributed by atoms with van der Waals surface area (Å²) >= 11 is 5.76. The van der Waals surface area contributed by atoms with Gasteiger partial charge in [-0.2, -0.15) is 5.26 Å². The highest BCUT2D eigenvalue weighted by molar-refractivity contribution is 6.30. The first-order valence-corrected chi connectivity index (χ1v) is 7.09. The van der Waals surface area contributed by atoms with E-state index in [4.69, 9.17) is 11.6 Å². The Hall–Kier alpha value is -1.07. The van der Waals surface area contributed by atoms with Crippen molar-refractivity contribution in [3.8, 4) is 6.07 Å². The van der Waals surface area contributed by atoms with E-state index < -0.39 is 5.41 Å². The third kappa shape index (κ3) is 3.28. The quantitative estimate of drug-likeness (QED) is 0.736. The molecule has 102 valence electrons. The number of hydrogen-bond acceptors (Lipinski definition) is 1. The fraction of sp³-hybridized carbons (Fsp3) is 0.562. The predicted octanol–water partition coefficient (Wildman–Crippen LogP) is 5.13. The molecule has 0 spiro atoms. The van der Waals surface area contributed by atoms with Crippen LogP contribution in [0.4, 0.5) is 4.39 Å². The van der Waals surface area contributed by atoms with Crippen molar-refractivity contribution in [2.24, 2.45) is 10.8 Å². The molecule has 1 aliphatic rings. The molecule has 1 aliphatic carbocycles. The van der Waals surface area contributed by atoms with Crippen LogP contribution in [0.25, 0.3) is 0 Å². The van der Waals surface area contributed by atoms with Gasteiger partial charge >= 0.3 is 0 Å². The normalized spacial score (nSPS) is 20.8. The van der Waals surface area contributed by atoms with Gasteiger partial charge in [0.2, 0.25) is 0 Å². The Morgan fingerprint density at radius 1 is 1.26 bits per heavy atom. The van der Waals surface area contributed by atoms with Gasteiger partial charge < -0.3 is 0 Å². The average Bonchev–Trinajstić information content (AvgIpc) is 2.36. The molecule has 0 aromatic heterocycles. The molecule has 2 rings (SSSR count). The minimum Gasteiger partial charge on any atom is -0.207 e. The molecule has 0 saturated heterocycles. The molecule has 1 aromatic rings. The molecule has 1 fully saturated rings. The smallest absolute Gasteiger partial charge is 0.127 e. The number of nitriles is 1. The van der Waals surface area contributed by atoms with Crippen LogP contribution in [-0.2, 0) is 6.42 Å². The third-order valence-electron chi connectivity index (χ3n) is 4.34. The molecular weight excluding hydrogens is 261 g/mol. The molecule has 0 unspecified atom stereocenters. The van der Waals surface area contributed by atoms with Crippen molar-refractivity contribution in [3.63, 3.8) is 0 Å². The van der Waals surface area contributed by atoms with Gasteiger partial charge in [0.05, 0.1) is 11.5 Å². The van der Waals surface area contributed by atoms with Crippen molar-refractivity contribution in [2.45, 2.75) is 46.0 Å². The van der Waals surface area contributed by atoms with Gasteiger partial charge in [0.1, 0.15) is 5.82 Å². The molecule has 1 saturated carbocycles. The molecule has 19 heavy (non-hydrogen) atoms. The standard InChI is InChI=1S/C16H19ClFN/c1-15(2)5-7-16(11-19,8-6-15)10-12-3-4-13(17)9-14(12)18/h3-4,9H,5-8,10H2,1-2H3. The molecule has 0 aliphatic heterocycles. The number of halogens is 2. The summed E-state index contributed by atoms with van der Waals surface area (Å²) in [5.74, 6) is -0.299. The van der Waals surface area contributed by atoms with E-state index >= 15 is 0 Å². The fourth-order valence-corrected chi connectivity index (χ4v) is 2.92. The van der Waals surface area contributed by atoms with Gasteiger partial charge in [0, 0.05) is 5.02 Å². The summed E-state index contributed by atoms with van der Waals surface area (Å²) in [6.45, 7) is 4.47. The Balaban J connectivity index is 2.18. The number of rotatable bonds is 2. The summed E-state index contributed by atoms with van der Waals surface area (Å²) in [7, 11) is 0. The van der Waals surface area contributed by atoms with E-state index in [1.54, 1.807) is 12.1 Å². The van der Waals surface area contributed by atoms with Gasteiger partial charge in [0.15, 0.2) is 0 Å². The second-order valence-electron chi connectivity index (χ2n) is 6.47. The topological polar surface area (TPSA) is 23.8 Å². The van der Waals surface area contributed by atoms with Crippen LogP contribution in [0, 0.1) is 28.0 Å². The second kappa shape index (κ2) is 5.13. The Bertz CT molecular complexity index is 506. The lowest BCUT2D eigenvalue weighted by Crippen LogP contribution is -2.32. The van der Waals surface area contributed by atoms with E-state index in [-0.39, 0.29) is 5.82 Å². The highest BCUT2D eigenvalue weighted by Gasteiger charge is 2.39. The van der Waals surface area contributed by atoms with Crippen molar-refractivity contribution in [1.29, 1.82) is 5.26 Å². The van der Waals surface area contributed by atoms with Gasteiger partial charge in [-0.05, 0) is 55.2 Å². The van der Waals surface area contributed by atoms with Crippen LogP contribution in [0.3, 0.4) is 0 Å². The lowest BCUT2D eigenvalue weighted by molar-refractivity contribution is 0.145. The van der Waals surface area contributed by atoms with Crippen LogP contribution in [0.1, 0.15) is 45.1 Å². The lowest BCUT2D eigenvalue weighted by atomic mass is 9.64. The van der Waals surface area contributed by atoms with E-state index in [2.05, 4.69) is 19.9 Å². The fourth-order valence-electron chi connectivity index (χ4n) is 2.76. The zero-order valence-corrected chi connectivity index (χ0v) is 12.2. The van der Waals surface area contributed by atoms with E-state index in [0.29, 0.717) is 22.4 Å². The van der Waals surface area contributed by atoms with Crippen molar-refractivity contribution in [2.75, 3.05) is 0 Å². The minimum absolute atomic E-state index is 0.299. The molecular formula is C16H19ClFN. The number of benzene rings is 1. The first kappa shape index (κ1) is 14.3. The molecule has 0 radical (unpaired) electrons. The first-order chi connectivity index (χ1) is 8.86. The van der Waals surface area contributed by atoms with E-state index in [9.17, 15) is 9.65 Å². The summed E-state index contributed by atoms with van der Waals surface area (Å²) in [5, 5.41) is 9.92. The summed E-state index contributed by atoms with van der Waals surface area (Å²) in [5.41, 5.74) is 0.494. The monoisotopic (exact) mass is 279 g/mol. The van der Waals surface area contributed by atoms with Gasteiger partial charge in [-0.3, -0.25) is 0 Å². The van der Waals surface area contributed by atoms with Crippen LogP contribution in [0.5, 0.6) is 0 Å². The van der Waals surface area contributed by atoms with Gasteiger partial charge in [-0.15, -0.1) is 0 Å². The summed E-state index contributed by atoms with van der Waals surface area (Å²) in [4.78, 5) is 0. The summed E-state index contributed by atoms with van der Waals surface area (Å²) in [6, 6.07) is 7.17. The van der Waals surface area contributed by atoms with Crippen LogP contribution in [0.2, 0.25) is 5.02 Å². The highest BCUT2D eigenvalue weighted by Crippen LogP contribution is 2.46. The van der Waals surface area contributed by atoms with Crippen LogP contribution in [-0.4, -0.2) is 0 Å². The Morgan fingerprint density at radius 3 is 2.42 bits per heavy atom. The molecule has 1 aromatic carbocycles.